The lowest BCUT2D eigenvalue weighted by atomic mass is 9.95. The lowest BCUT2D eigenvalue weighted by molar-refractivity contribution is 0.253. The molecular weight excluding hydrogens is 174 g/mol. The smallest absolute Gasteiger partial charge is 0.0685 e. The van der Waals surface area contributed by atoms with Gasteiger partial charge in [0.05, 0.1) is 6.61 Å². The molecule has 0 atom stereocenters. The quantitative estimate of drug-likeness (QED) is 0.766. The zero-order valence-electron chi connectivity index (χ0n) is 8.66. The fourth-order valence-electron chi connectivity index (χ4n) is 2.12. The van der Waals surface area contributed by atoms with Crippen LogP contribution in [-0.4, -0.2) is 23.1 Å². The van der Waals surface area contributed by atoms with Crippen LogP contribution < -0.4 is 0 Å². The Morgan fingerprint density at radius 1 is 1.43 bits per heavy atom. The van der Waals surface area contributed by atoms with Crippen molar-refractivity contribution in [2.24, 2.45) is 0 Å². The molecule has 1 aliphatic heterocycles. The van der Waals surface area contributed by atoms with Crippen LogP contribution in [0.4, 0.5) is 0 Å². The molecule has 1 heterocycles. The molecule has 0 aromatic heterocycles. The first-order valence-electron chi connectivity index (χ1n) is 5.28. The Labute approximate surface area is 85.2 Å². The molecule has 0 saturated heterocycles. The summed E-state index contributed by atoms with van der Waals surface area (Å²) in [5, 5.41) is 9.23. The van der Waals surface area contributed by atoms with Crippen LogP contribution in [0.1, 0.15) is 23.6 Å². The Balaban J connectivity index is 2.33. The summed E-state index contributed by atoms with van der Waals surface area (Å²) in [4.78, 5) is 2.42. The Morgan fingerprint density at radius 2 is 2.29 bits per heavy atom. The van der Waals surface area contributed by atoms with Gasteiger partial charge in [0.1, 0.15) is 0 Å². The van der Waals surface area contributed by atoms with Crippen LogP contribution in [0.15, 0.2) is 18.2 Å². The van der Waals surface area contributed by atoms with Gasteiger partial charge in [0, 0.05) is 13.1 Å². The van der Waals surface area contributed by atoms with Gasteiger partial charge in [-0.05, 0) is 29.7 Å². The van der Waals surface area contributed by atoms with Gasteiger partial charge in [0.15, 0.2) is 0 Å². The van der Waals surface area contributed by atoms with E-state index in [0.717, 1.165) is 31.6 Å². The zero-order valence-corrected chi connectivity index (χ0v) is 8.66. The first kappa shape index (κ1) is 9.69. The minimum absolute atomic E-state index is 0.167. The Bertz CT molecular complexity index is 308. The summed E-state index contributed by atoms with van der Waals surface area (Å²) in [5.74, 6) is 0. The lowest BCUT2D eigenvalue weighted by Gasteiger charge is -2.28. The van der Waals surface area contributed by atoms with E-state index in [0.29, 0.717) is 0 Å². The molecule has 1 aliphatic rings. The Morgan fingerprint density at radius 3 is 3.00 bits per heavy atom. The molecule has 0 amide bonds. The molecule has 2 heteroatoms. The van der Waals surface area contributed by atoms with Crippen LogP contribution in [0.3, 0.4) is 0 Å². The second-order valence-electron chi connectivity index (χ2n) is 3.83. The highest BCUT2D eigenvalue weighted by Crippen LogP contribution is 2.22. The molecule has 14 heavy (non-hydrogen) atoms. The average Bonchev–Trinajstić information content (AvgIpc) is 2.27. The van der Waals surface area contributed by atoms with Crippen molar-refractivity contribution in [3.05, 3.63) is 34.9 Å². The van der Waals surface area contributed by atoms with Gasteiger partial charge in [-0.2, -0.15) is 0 Å². The predicted molar refractivity (Wildman–Crippen MR) is 57.0 cm³/mol. The summed E-state index contributed by atoms with van der Waals surface area (Å²) in [5.41, 5.74) is 3.87. The number of nitrogens with zero attached hydrogens (tertiary/aromatic N) is 1. The summed E-state index contributed by atoms with van der Waals surface area (Å²) in [7, 11) is 0. The maximum Gasteiger partial charge on any atom is 0.0685 e. The largest absolute Gasteiger partial charge is 0.392 e. The molecule has 0 aliphatic carbocycles. The SMILES string of the molecule is CCN1CCc2cccc(CO)c2C1. The molecule has 1 aromatic rings. The minimum Gasteiger partial charge on any atom is -0.392 e. The highest BCUT2D eigenvalue weighted by Gasteiger charge is 2.16. The maximum atomic E-state index is 9.23. The molecule has 0 unspecified atom stereocenters. The van der Waals surface area contributed by atoms with Crippen LogP contribution in [0.2, 0.25) is 0 Å². The van der Waals surface area contributed by atoms with E-state index in [1.807, 2.05) is 12.1 Å². The monoisotopic (exact) mass is 191 g/mol. The maximum absolute atomic E-state index is 9.23. The molecule has 1 aromatic carbocycles. The van der Waals surface area contributed by atoms with Crippen molar-refractivity contribution in [2.45, 2.75) is 26.5 Å². The first-order chi connectivity index (χ1) is 6.85. The van der Waals surface area contributed by atoms with Gasteiger partial charge < -0.3 is 5.11 Å². The van der Waals surface area contributed by atoms with Crippen molar-refractivity contribution >= 4 is 0 Å². The van der Waals surface area contributed by atoms with E-state index in [4.69, 9.17) is 0 Å². The third-order valence-corrected chi connectivity index (χ3v) is 3.07. The molecule has 0 spiro atoms. The predicted octanol–water partition coefficient (Wildman–Crippen LogP) is 1.56. The third-order valence-electron chi connectivity index (χ3n) is 3.07. The zero-order chi connectivity index (χ0) is 9.97. The number of fused-ring (bicyclic) bond motifs is 1. The van der Waals surface area contributed by atoms with Gasteiger partial charge in [-0.25, -0.2) is 0 Å². The van der Waals surface area contributed by atoms with Crippen molar-refractivity contribution < 1.29 is 5.11 Å². The van der Waals surface area contributed by atoms with E-state index in [2.05, 4.69) is 17.9 Å². The summed E-state index contributed by atoms with van der Waals surface area (Å²) < 4.78 is 0. The molecule has 0 radical (unpaired) electrons. The molecule has 2 rings (SSSR count). The summed E-state index contributed by atoms with van der Waals surface area (Å²) >= 11 is 0. The van der Waals surface area contributed by atoms with Crippen molar-refractivity contribution in [3.8, 4) is 0 Å². The van der Waals surface area contributed by atoms with E-state index in [-0.39, 0.29) is 6.61 Å². The van der Waals surface area contributed by atoms with Gasteiger partial charge >= 0.3 is 0 Å². The number of aliphatic hydroxyl groups is 1. The van der Waals surface area contributed by atoms with E-state index in [1.165, 1.54) is 11.1 Å². The molecule has 0 fully saturated rings. The van der Waals surface area contributed by atoms with Crippen molar-refractivity contribution in [1.82, 2.24) is 4.90 Å². The van der Waals surface area contributed by atoms with Gasteiger partial charge in [-0.15, -0.1) is 0 Å². The van der Waals surface area contributed by atoms with Crippen LogP contribution in [-0.2, 0) is 19.6 Å². The highest BCUT2D eigenvalue weighted by molar-refractivity contribution is 5.36. The number of hydrogen-bond acceptors (Lipinski definition) is 2. The van der Waals surface area contributed by atoms with Crippen molar-refractivity contribution in [1.29, 1.82) is 0 Å². The second kappa shape index (κ2) is 4.11. The van der Waals surface area contributed by atoms with Gasteiger partial charge in [-0.1, -0.05) is 25.1 Å². The summed E-state index contributed by atoms with van der Waals surface area (Å²) in [6.45, 7) is 5.60. The number of benzene rings is 1. The third kappa shape index (κ3) is 1.68. The molecule has 2 nitrogen and oxygen atoms in total. The molecule has 0 saturated carbocycles. The normalized spacial score (nSPS) is 16.7. The molecule has 0 bridgehead atoms. The lowest BCUT2D eigenvalue weighted by Crippen LogP contribution is -2.30. The van der Waals surface area contributed by atoms with Crippen LogP contribution in [0, 0.1) is 0 Å². The second-order valence-corrected chi connectivity index (χ2v) is 3.83. The van der Waals surface area contributed by atoms with Crippen molar-refractivity contribution in [2.75, 3.05) is 13.1 Å². The van der Waals surface area contributed by atoms with Gasteiger partial charge in [0.2, 0.25) is 0 Å². The van der Waals surface area contributed by atoms with Gasteiger partial charge in [-0.3, -0.25) is 4.90 Å². The number of likely N-dealkylation sites (N-methyl/N-ethyl adjacent to an activating group) is 1. The molecular formula is C12H17NO. The summed E-state index contributed by atoms with van der Waals surface area (Å²) in [6.07, 6.45) is 1.12. The highest BCUT2D eigenvalue weighted by atomic mass is 16.3. The van der Waals surface area contributed by atoms with Crippen LogP contribution >= 0.6 is 0 Å². The molecule has 76 valence electrons. The molecule has 1 N–H and O–H groups in total. The van der Waals surface area contributed by atoms with E-state index in [9.17, 15) is 5.11 Å². The van der Waals surface area contributed by atoms with Crippen LogP contribution in [0.5, 0.6) is 0 Å². The first-order valence-corrected chi connectivity index (χ1v) is 5.28. The number of rotatable bonds is 2. The van der Waals surface area contributed by atoms with E-state index in [1.54, 1.807) is 0 Å². The average molecular weight is 191 g/mol. The standard InChI is InChI=1S/C12H17NO/c1-2-13-7-6-10-4-3-5-11(9-14)12(10)8-13/h3-5,14H,2,6-9H2,1H3. The van der Waals surface area contributed by atoms with Gasteiger partial charge in [0.25, 0.3) is 0 Å². The van der Waals surface area contributed by atoms with Crippen LogP contribution in [0.25, 0.3) is 0 Å². The Hall–Kier alpha value is -0.860. The summed E-state index contributed by atoms with van der Waals surface area (Å²) in [6, 6.07) is 6.26. The van der Waals surface area contributed by atoms with E-state index < -0.39 is 0 Å². The number of hydrogen-bond donors (Lipinski definition) is 1. The fourth-order valence-corrected chi connectivity index (χ4v) is 2.12. The fraction of sp³-hybridized carbons (Fsp3) is 0.500. The number of aliphatic hydroxyl groups excluding tert-OH is 1. The van der Waals surface area contributed by atoms with Crippen molar-refractivity contribution in [3.63, 3.8) is 0 Å². The Kier molecular flexibility index (Phi) is 2.85. The van der Waals surface area contributed by atoms with E-state index >= 15 is 0 Å². The topological polar surface area (TPSA) is 23.5 Å². The minimum atomic E-state index is 0.167.